The third-order valence-corrected chi connectivity index (χ3v) is 4.00. The highest BCUT2D eigenvalue weighted by Crippen LogP contribution is 2.33. The predicted molar refractivity (Wildman–Crippen MR) is 96.6 cm³/mol. The van der Waals surface area contributed by atoms with Crippen LogP contribution in [-0.2, 0) is 4.79 Å². The van der Waals surface area contributed by atoms with E-state index >= 15 is 0 Å². The third kappa shape index (κ3) is 3.26. The smallest absolute Gasteiger partial charge is 0.260 e. The van der Waals surface area contributed by atoms with Gasteiger partial charge in [0.2, 0.25) is 0 Å². The Hall–Kier alpha value is -2.80. The van der Waals surface area contributed by atoms with Crippen LogP contribution >= 0.6 is 12.2 Å². The predicted octanol–water partition coefficient (Wildman–Crippen LogP) is 2.14. The maximum Gasteiger partial charge on any atom is 0.260 e. The molecule has 1 heterocycles. The molecule has 1 atom stereocenters. The molecule has 0 fully saturated rings. The summed E-state index contributed by atoms with van der Waals surface area (Å²) in [5.74, 6) is 0.810. The lowest BCUT2D eigenvalue weighted by Crippen LogP contribution is -2.50. The Kier molecular flexibility index (Phi) is 4.52. The number of carbonyl (C=O) groups is 1. The summed E-state index contributed by atoms with van der Waals surface area (Å²) in [7, 11) is 1.61. The summed E-state index contributed by atoms with van der Waals surface area (Å²) in [6.45, 7) is 0.258. The molecule has 0 aliphatic carbocycles. The van der Waals surface area contributed by atoms with Gasteiger partial charge in [-0.1, -0.05) is 12.1 Å². The van der Waals surface area contributed by atoms with E-state index in [0.29, 0.717) is 10.9 Å². The van der Waals surface area contributed by atoms with Gasteiger partial charge in [0.1, 0.15) is 11.5 Å². The van der Waals surface area contributed by atoms with Crippen LogP contribution in [0.3, 0.4) is 0 Å². The van der Waals surface area contributed by atoms with Gasteiger partial charge in [0.25, 0.3) is 5.91 Å². The summed E-state index contributed by atoms with van der Waals surface area (Å²) < 4.78 is 10.8. The Labute approximate surface area is 145 Å². The molecule has 0 saturated carbocycles. The van der Waals surface area contributed by atoms with Crippen LogP contribution in [0.2, 0.25) is 0 Å². The van der Waals surface area contributed by atoms with Crippen molar-refractivity contribution in [2.24, 2.45) is 5.73 Å². The van der Waals surface area contributed by atoms with Gasteiger partial charge in [-0.15, -0.1) is 0 Å². The number of methoxy groups -OCH3 is 1. The fourth-order valence-electron chi connectivity index (χ4n) is 2.44. The third-order valence-electron chi connectivity index (χ3n) is 3.68. The Morgan fingerprint density at radius 2 is 2.00 bits per heavy atom. The number of nitrogens with two attached hydrogens (primary N) is 1. The van der Waals surface area contributed by atoms with Gasteiger partial charge in [-0.3, -0.25) is 4.79 Å². The van der Waals surface area contributed by atoms with E-state index in [9.17, 15) is 4.79 Å². The Morgan fingerprint density at radius 3 is 2.67 bits per heavy atom. The first kappa shape index (κ1) is 16.1. The van der Waals surface area contributed by atoms with Gasteiger partial charge >= 0.3 is 0 Å². The van der Waals surface area contributed by atoms with E-state index in [1.807, 2.05) is 47.4 Å². The standard InChI is InChI=1S/C17H17N3O3S/c1-22-12-8-6-11(7-9-12)19-17(24)20-10-15(16(18)21)23-14-5-3-2-4-13(14)20/h2-9,15H,10H2,1H3,(H2,18,21)(H,19,24). The van der Waals surface area contributed by atoms with E-state index in [1.54, 1.807) is 13.2 Å². The molecule has 2 aromatic carbocycles. The highest BCUT2D eigenvalue weighted by atomic mass is 32.1. The Morgan fingerprint density at radius 1 is 1.29 bits per heavy atom. The van der Waals surface area contributed by atoms with Gasteiger partial charge in [-0.05, 0) is 48.6 Å². The van der Waals surface area contributed by atoms with Crippen molar-refractivity contribution in [3.05, 3.63) is 48.5 Å². The van der Waals surface area contributed by atoms with E-state index in [4.69, 9.17) is 27.4 Å². The molecule has 2 aromatic rings. The van der Waals surface area contributed by atoms with Crippen molar-refractivity contribution in [3.8, 4) is 11.5 Å². The number of anilines is 2. The summed E-state index contributed by atoms with van der Waals surface area (Å²) in [5, 5.41) is 3.62. The number of hydrogen-bond donors (Lipinski definition) is 2. The topological polar surface area (TPSA) is 76.8 Å². The summed E-state index contributed by atoms with van der Waals surface area (Å²) in [6.07, 6.45) is -0.754. The lowest BCUT2D eigenvalue weighted by molar-refractivity contribution is -0.124. The number of benzene rings is 2. The second-order valence-corrected chi connectivity index (χ2v) is 5.63. The minimum atomic E-state index is -0.754. The van der Waals surface area contributed by atoms with Crippen LogP contribution in [0.25, 0.3) is 0 Å². The molecular weight excluding hydrogens is 326 g/mol. The zero-order chi connectivity index (χ0) is 17.1. The normalized spacial score (nSPS) is 15.9. The van der Waals surface area contributed by atoms with Crippen molar-refractivity contribution in [1.82, 2.24) is 0 Å². The molecule has 7 heteroatoms. The van der Waals surface area contributed by atoms with Crippen LogP contribution in [0.4, 0.5) is 11.4 Å². The molecule has 1 aliphatic rings. The number of thiocarbonyl (C=S) groups is 1. The molecular formula is C17H17N3O3S. The summed E-state index contributed by atoms with van der Waals surface area (Å²) >= 11 is 5.51. The van der Waals surface area contributed by atoms with Crippen molar-refractivity contribution < 1.29 is 14.3 Å². The Balaban J connectivity index is 1.83. The highest BCUT2D eigenvalue weighted by Gasteiger charge is 2.31. The number of nitrogens with zero attached hydrogens (tertiary/aromatic N) is 1. The first-order chi connectivity index (χ1) is 11.6. The van der Waals surface area contributed by atoms with Gasteiger partial charge in [0.15, 0.2) is 11.2 Å². The van der Waals surface area contributed by atoms with E-state index in [2.05, 4.69) is 5.32 Å². The number of carbonyl (C=O) groups excluding carboxylic acids is 1. The first-order valence-corrected chi connectivity index (χ1v) is 7.77. The maximum absolute atomic E-state index is 11.6. The number of nitrogens with one attached hydrogen (secondary N) is 1. The molecule has 0 radical (unpaired) electrons. The van der Waals surface area contributed by atoms with Crippen LogP contribution in [0, 0.1) is 0 Å². The molecule has 24 heavy (non-hydrogen) atoms. The van der Waals surface area contributed by atoms with Gasteiger partial charge < -0.3 is 25.4 Å². The van der Waals surface area contributed by atoms with E-state index < -0.39 is 12.0 Å². The number of hydrogen-bond acceptors (Lipinski definition) is 4. The quantitative estimate of drug-likeness (QED) is 0.832. The largest absolute Gasteiger partial charge is 0.497 e. The molecule has 0 saturated heterocycles. The fraction of sp³-hybridized carbons (Fsp3) is 0.176. The minimum absolute atomic E-state index is 0.258. The highest BCUT2D eigenvalue weighted by molar-refractivity contribution is 7.80. The lowest BCUT2D eigenvalue weighted by atomic mass is 10.2. The number of amides is 1. The van der Waals surface area contributed by atoms with Gasteiger partial charge in [-0.2, -0.15) is 0 Å². The summed E-state index contributed by atoms with van der Waals surface area (Å²) in [5.41, 5.74) is 7.02. The molecule has 0 bridgehead atoms. The van der Waals surface area contributed by atoms with Crippen LogP contribution in [0.15, 0.2) is 48.5 Å². The second kappa shape index (κ2) is 6.76. The Bertz CT molecular complexity index is 764. The van der Waals surface area contributed by atoms with Gasteiger partial charge in [0, 0.05) is 5.69 Å². The molecule has 0 aromatic heterocycles. The average Bonchev–Trinajstić information content (AvgIpc) is 2.61. The number of rotatable bonds is 3. The summed E-state index contributed by atoms with van der Waals surface area (Å²) in [6, 6.07) is 14.8. The van der Waals surface area contributed by atoms with E-state index in [0.717, 1.165) is 17.1 Å². The first-order valence-electron chi connectivity index (χ1n) is 7.36. The van der Waals surface area contributed by atoms with Crippen molar-refractivity contribution in [2.75, 3.05) is 23.9 Å². The molecule has 3 N–H and O–H groups in total. The lowest BCUT2D eigenvalue weighted by Gasteiger charge is -2.35. The minimum Gasteiger partial charge on any atom is -0.497 e. The van der Waals surface area contributed by atoms with Crippen molar-refractivity contribution >= 4 is 34.6 Å². The monoisotopic (exact) mass is 343 g/mol. The van der Waals surface area contributed by atoms with Gasteiger partial charge in [0.05, 0.1) is 19.3 Å². The van der Waals surface area contributed by atoms with Crippen LogP contribution < -0.4 is 25.4 Å². The maximum atomic E-state index is 11.6. The van der Waals surface area contributed by atoms with E-state index in [1.165, 1.54) is 0 Å². The van der Waals surface area contributed by atoms with Crippen LogP contribution in [0.5, 0.6) is 11.5 Å². The summed E-state index contributed by atoms with van der Waals surface area (Å²) in [4.78, 5) is 13.4. The molecule has 3 rings (SSSR count). The van der Waals surface area contributed by atoms with Gasteiger partial charge in [-0.25, -0.2) is 0 Å². The fourth-order valence-corrected chi connectivity index (χ4v) is 2.73. The molecule has 1 amide bonds. The average molecular weight is 343 g/mol. The number of para-hydroxylation sites is 2. The van der Waals surface area contributed by atoms with Crippen LogP contribution in [0.1, 0.15) is 0 Å². The molecule has 1 aliphatic heterocycles. The van der Waals surface area contributed by atoms with Crippen LogP contribution in [-0.4, -0.2) is 30.8 Å². The SMILES string of the molecule is COc1ccc(NC(=S)N2CC(C(N)=O)Oc3ccccc32)cc1. The number of ether oxygens (including phenoxy) is 2. The molecule has 0 spiro atoms. The molecule has 124 valence electrons. The van der Waals surface area contributed by atoms with E-state index in [-0.39, 0.29) is 6.54 Å². The second-order valence-electron chi connectivity index (χ2n) is 5.25. The zero-order valence-electron chi connectivity index (χ0n) is 13.1. The zero-order valence-corrected chi connectivity index (χ0v) is 13.9. The number of primary amides is 1. The molecule has 1 unspecified atom stereocenters. The number of fused-ring (bicyclic) bond motifs is 1. The molecule has 6 nitrogen and oxygen atoms in total. The van der Waals surface area contributed by atoms with Crippen molar-refractivity contribution in [3.63, 3.8) is 0 Å². The van der Waals surface area contributed by atoms with Crippen molar-refractivity contribution in [1.29, 1.82) is 0 Å². The van der Waals surface area contributed by atoms with Crippen molar-refractivity contribution in [2.45, 2.75) is 6.10 Å².